The lowest BCUT2D eigenvalue weighted by Crippen LogP contribution is -2.47. The summed E-state index contributed by atoms with van der Waals surface area (Å²) in [5, 5.41) is 65.2. The van der Waals surface area contributed by atoms with E-state index in [0.29, 0.717) is 54.1 Å². The van der Waals surface area contributed by atoms with Crippen molar-refractivity contribution in [3.05, 3.63) is 94.3 Å². The van der Waals surface area contributed by atoms with Gasteiger partial charge in [0.15, 0.2) is 23.4 Å². The first kappa shape index (κ1) is 45.3. The van der Waals surface area contributed by atoms with E-state index in [1.807, 2.05) is 18.7 Å². The molecule has 2 amide bonds. The number of halogens is 2. The van der Waals surface area contributed by atoms with Crippen molar-refractivity contribution in [2.45, 2.75) is 57.3 Å². The summed E-state index contributed by atoms with van der Waals surface area (Å²) in [7, 11) is 1.38. The molecule has 0 radical (unpaired) electrons. The SMILES string of the molecule is CCNC(=O)c1nnc(-c2cc(C(C)C)c(O)cc2O)n1-c1ccc(C(O)N2CCN(c3ccc(OC(=O)Nc4ccn([C@H]5O[C@@H](CO)[C@H](O)C5(F)F)c(=O)n4)c(OC)c3)CC2)cc1. The number of aromatic hydroxyl groups is 2. The summed E-state index contributed by atoms with van der Waals surface area (Å²) in [4.78, 5) is 46.0. The third-order valence-electron chi connectivity index (χ3n) is 10.9. The number of phenols is 2. The van der Waals surface area contributed by atoms with E-state index >= 15 is 0 Å². The molecule has 0 bridgehead atoms. The number of aliphatic hydroxyl groups excluding tert-OH is 3. The van der Waals surface area contributed by atoms with E-state index in [1.54, 1.807) is 49.4 Å². The minimum absolute atomic E-state index is 0.0213. The van der Waals surface area contributed by atoms with Crippen LogP contribution in [0.2, 0.25) is 0 Å². The molecule has 0 saturated carbocycles. The fraction of sp³-hybridized carbons (Fsp3) is 0.381. The molecule has 22 heteroatoms. The van der Waals surface area contributed by atoms with Gasteiger partial charge in [-0.3, -0.25) is 24.1 Å². The molecule has 2 fully saturated rings. The molecule has 2 aliphatic heterocycles. The minimum atomic E-state index is -3.91. The first-order valence-electron chi connectivity index (χ1n) is 20.2. The van der Waals surface area contributed by atoms with Crippen molar-refractivity contribution >= 4 is 23.5 Å². The second kappa shape index (κ2) is 18.6. The number of aliphatic hydroxyl groups is 3. The fourth-order valence-electron chi connectivity index (χ4n) is 7.50. The van der Waals surface area contributed by atoms with Crippen LogP contribution in [0, 0.1) is 0 Å². The van der Waals surface area contributed by atoms with Gasteiger partial charge in [-0.2, -0.15) is 13.8 Å². The lowest BCUT2D eigenvalue weighted by atomic mass is 9.98. The van der Waals surface area contributed by atoms with E-state index in [1.165, 1.54) is 23.8 Å². The average Bonchev–Trinajstić information content (AvgIpc) is 3.81. The van der Waals surface area contributed by atoms with Crippen LogP contribution in [-0.4, -0.2) is 131 Å². The van der Waals surface area contributed by atoms with Crippen molar-refractivity contribution in [2.24, 2.45) is 0 Å². The van der Waals surface area contributed by atoms with E-state index in [0.717, 1.165) is 18.0 Å². The Morgan fingerprint density at radius 3 is 2.30 bits per heavy atom. The van der Waals surface area contributed by atoms with E-state index in [-0.39, 0.29) is 51.9 Å². The number of nitrogens with one attached hydrogen (secondary N) is 2. The van der Waals surface area contributed by atoms with Gasteiger partial charge in [0.1, 0.15) is 29.6 Å². The number of aromatic nitrogens is 5. The van der Waals surface area contributed by atoms with E-state index in [9.17, 15) is 48.7 Å². The Morgan fingerprint density at radius 2 is 1.67 bits per heavy atom. The number of phenolic OH excluding ortho intramolecular Hbond substituents is 2. The monoisotopic (exact) mass is 891 g/mol. The number of methoxy groups -OCH3 is 1. The van der Waals surface area contributed by atoms with Gasteiger partial charge in [0, 0.05) is 62.4 Å². The zero-order valence-corrected chi connectivity index (χ0v) is 35.1. The molecule has 4 atom stereocenters. The number of anilines is 2. The van der Waals surface area contributed by atoms with E-state index in [4.69, 9.17) is 14.2 Å². The first-order valence-corrected chi connectivity index (χ1v) is 20.2. The molecule has 2 aliphatic rings. The van der Waals surface area contributed by atoms with Crippen molar-refractivity contribution in [3.63, 3.8) is 0 Å². The highest BCUT2D eigenvalue weighted by molar-refractivity contribution is 5.92. The number of amides is 2. The third kappa shape index (κ3) is 8.90. The number of nitrogens with zero attached hydrogens (tertiary/aromatic N) is 7. The smallest absolute Gasteiger partial charge is 0.418 e. The molecule has 5 aromatic rings. The largest absolute Gasteiger partial charge is 0.508 e. The fourth-order valence-corrected chi connectivity index (χ4v) is 7.50. The van der Waals surface area contributed by atoms with Gasteiger partial charge in [-0.25, -0.2) is 9.59 Å². The Morgan fingerprint density at radius 1 is 0.969 bits per heavy atom. The van der Waals surface area contributed by atoms with Gasteiger partial charge in [0.25, 0.3) is 5.91 Å². The highest BCUT2D eigenvalue weighted by atomic mass is 19.3. The normalized spacial score (nSPS) is 19.1. The van der Waals surface area contributed by atoms with Crippen LogP contribution in [0.1, 0.15) is 60.9 Å². The van der Waals surface area contributed by atoms with E-state index in [2.05, 4.69) is 30.7 Å². The lowest BCUT2D eigenvalue weighted by Gasteiger charge is -2.38. The second-order valence-corrected chi connectivity index (χ2v) is 15.3. The Labute approximate surface area is 363 Å². The standard InChI is InChI=1S/C42H47F2N9O11/c1-5-45-37(58)36-49-48-35(27-19-26(22(2)3)28(55)20-29(27)56)53(36)24-8-6-23(7-9-24)38(59)51-16-14-50(15-17-51)25-10-11-30(31(18-25)62-4)64-41(61)47-33-12-13-52(40(60)46-33)39-42(43,44)34(57)32(21-54)63-39/h6-13,18-20,22,32,34,38-39,54-57,59H,5,14-17,21H2,1-4H3,(H,45,58)(H,46,47,60,61)/t32-,34-,38?,39-/m0/s1. The summed E-state index contributed by atoms with van der Waals surface area (Å²) in [6.45, 7) is 6.92. The molecule has 2 saturated heterocycles. The maximum absolute atomic E-state index is 14.6. The zero-order chi connectivity index (χ0) is 46.0. The lowest BCUT2D eigenvalue weighted by molar-refractivity contribution is -0.140. The predicted octanol–water partition coefficient (Wildman–Crippen LogP) is 3.09. The highest BCUT2D eigenvalue weighted by Gasteiger charge is 2.59. The van der Waals surface area contributed by atoms with Crippen molar-refractivity contribution < 1.29 is 58.1 Å². The van der Waals surface area contributed by atoms with Crippen LogP contribution < -0.4 is 30.7 Å². The number of carbonyl (C=O) groups excluding carboxylic acids is 2. The molecule has 20 nitrogen and oxygen atoms in total. The summed E-state index contributed by atoms with van der Waals surface area (Å²) >= 11 is 0. The second-order valence-electron chi connectivity index (χ2n) is 15.3. The maximum Gasteiger partial charge on any atom is 0.418 e. The Bertz CT molecular complexity index is 2560. The van der Waals surface area contributed by atoms with Gasteiger partial charge in [0.2, 0.25) is 12.1 Å². The topological polar surface area (TPSA) is 259 Å². The summed E-state index contributed by atoms with van der Waals surface area (Å²) in [6.07, 6.45) is -7.35. The average molecular weight is 892 g/mol. The van der Waals surface area contributed by atoms with Crippen molar-refractivity contribution in [2.75, 3.05) is 56.7 Å². The molecular formula is C42H47F2N9O11. The Hall–Kier alpha value is -6.72. The van der Waals surface area contributed by atoms with Crippen LogP contribution >= 0.6 is 0 Å². The van der Waals surface area contributed by atoms with E-state index < -0.39 is 54.9 Å². The number of carbonyl (C=O) groups is 2. The Kier molecular flexibility index (Phi) is 13.1. The molecule has 2 aromatic heterocycles. The van der Waals surface area contributed by atoms with Gasteiger partial charge < -0.3 is 50.0 Å². The molecule has 0 aliphatic carbocycles. The van der Waals surface area contributed by atoms with Crippen LogP contribution in [0.4, 0.5) is 25.1 Å². The maximum atomic E-state index is 14.6. The number of benzene rings is 3. The van der Waals surface area contributed by atoms with Crippen LogP contribution in [0.5, 0.6) is 23.0 Å². The van der Waals surface area contributed by atoms with Gasteiger partial charge in [0.05, 0.1) is 19.3 Å². The number of piperazine rings is 1. The summed E-state index contributed by atoms with van der Waals surface area (Å²) in [5.41, 5.74) is 1.43. The number of alkyl halides is 2. The van der Waals surface area contributed by atoms with Gasteiger partial charge in [-0.1, -0.05) is 26.0 Å². The number of hydrogen-bond donors (Lipinski definition) is 7. The first-order chi connectivity index (χ1) is 30.6. The number of ether oxygens (including phenoxy) is 3. The van der Waals surface area contributed by atoms with Crippen molar-refractivity contribution in [1.29, 1.82) is 0 Å². The molecule has 64 heavy (non-hydrogen) atoms. The summed E-state index contributed by atoms with van der Waals surface area (Å²) in [6, 6.07) is 15.7. The summed E-state index contributed by atoms with van der Waals surface area (Å²) in [5.74, 6) is -4.73. The number of hydrogen-bond acceptors (Lipinski definition) is 16. The molecule has 7 rings (SSSR count). The molecule has 0 spiro atoms. The molecular weight excluding hydrogens is 845 g/mol. The predicted molar refractivity (Wildman–Crippen MR) is 224 cm³/mol. The molecule has 7 N–H and O–H groups in total. The minimum Gasteiger partial charge on any atom is -0.508 e. The number of rotatable bonds is 13. The van der Waals surface area contributed by atoms with Gasteiger partial charge in [-0.05, 0) is 60.4 Å². The molecule has 1 unspecified atom stereocenters. The highest BCUT2D eigenvalue weighted by Crippen LogP contribution is 2.42. The van der Waals surface area contributed by atoms with Gasteiger partial charge in [-0.15, -0.1) is 10.2 Å². The van der Waals surface area contributed by atoms with Crippen LogP contribution in [0.25, 0.3) is 17.1 Å². The van der Waals surface area contributed by atoms with Crippen molar-refractivity contribution in [3.8, 4) is 40.1 Å². The third-order valence-corrected chi connectivity index (χ3v) is 10.9. The van der Waals surface area contributed by atoms with Crippen molar-refractivity contribution in [1.82, 2.24) is 34.5 Å². The van der Waals surface area contributed by atoms with Gasteiger partial charge >= 0.3 is 17.7 Å². The zero-order valence-electron chi connectivity index (χ0n) is 35.1. The quantitative estimate of drug-likeness (QED) is 0.0896. The van der Waals surface area contributed by atoms with Crippen LogP contribution in [0.15, 0.2) is 71.7 Å². The summed E-state index contributed by atoms with van der Waals surface area (Å²) < 4.78 is 46.9. The van der Waals surface area contributed by atoms with Crippen LogP contribution in [-0.2, 0) is 4.74 Å². The Balaban J connectivity index is 0.990. The molecule has 4 heterocycles. The van der Waals surface area contributed by atoms with Crippen LogP contribution in [0.3, 0.4) is 0 Å². The molecule has 3 aromatic carbocycles. The molecule has 340 valence electrons.